The second-order valence-electron chi connectivity index (χ2n) is 3.84. The van der Waals surface area contributed by atoms with Crippen LogP contribution in [0.5, 0.6) is 0 Å². The Morgan fingerprint density at radius 1 is 1.56 bits per heavy atom. The highest BCUT2D eigenvalue weighted by Crippen LogP contribution is 2.25. The molecule has 94 valence electrons. The number of benzene rings is 1. The Bertz CT molecular complexity index is 616. The van der Waals surface area contributed by atoms with Crippen LogP contribution in [-0.2, 0) is 9.53 Å². The standard InChI is InChI=1S/C13H13BrN2O2/c1-3-18-12(17)6-8(2)13-10-7-9(14)4-5-11(10)15-16-13/h4-7H,3H2,1-2H3,(H,15,16)/b8-6+. The monoisotopic (exact) mass is 308 g/mol. The number of nitrogens with one attached hydrogen (secondary N) is 1. The van der Waals surface area contributed by atoms with Gasteiger partial charge in [-0.05, 0) is 37.6 Å². The summed E-state index contributed by atoms with van der Waals surface area (Å²) in [5.41, 5.74) is 2.47. The molecule has 0 unspecified atom stereocenters. The van der Waals surface area contributed by atoms with Crippen LogP contribution in [0.1, 0.15) is 19.5 Å². The van der Waals surface area contributed by atoms with Gasteiger partial charge in [-0.1, -0.05) is 15.9 Å². The molecule has 18 heavy (non-hydrogen) atoms. The zero-order valence-corrected chi connectivity index (χ0v) is 11.7. The Hall–Kier alpha value is -1.62. The van der Waals surface area contributed by atoms with Crippen molar-refractivity contribution >= 4 is 38.4 Å². The third kappa shape index (κ3) is 2.61. The van der Waals surface area contributed by atoms with Crippen molar-refractivity contribution in [3.05, 3.63) is 34.4 Å². The van der Waals surface area contributed by atoms with E-state index >= 15 is 0 Å². The number of aromatic amines is 1. The fourth-order valence-corrected chi connectivity index (χ4v) is 2.08. The lowest BCUT2D eigenvalue weighted by Gasteiger charge is -1.99. The van der Waals surface area contributed by atoms with E-state index in [1.54, 1.807) is 6.92 Å². The zero-order chi connectivity index (χ0) is 13.1. The largest absolute Gasteiger partial charge is 0.463 e. The van der Waals surface area contributed by atoms with Gasteiger partial charge in [0.15, 0.2) is 0 Å². The maximum Gasteiger partial charge on any atom is 0.331 e. The van der Waals surface area contributed by atoms with Crippen LogP contribution in [0.3, 0.4) is 0 Å². The number of nitrogens with zero attached hydrogens (tertiary/aromatic N) is 1. The van der Waals surface area contributed by atoms with E-state index in [0.29, 0.717) is 6.61 Å². The molecule has 2 rings (SSSR count). The van der Waals surface area contributed by atoms with E-state index < -0.39 is 0 Å². The minimum atomic E-state index is -0.346. The first-order chi connectivity index (χ1) is 8.61. The van der Waals surface area contributed by atoms with Crippen LogP contribution in [0.2, 0.25) is 0 Å². The van der Waals surface area contributed by atoms with Gasteiger partial charge < -0.3 is 4.74 Å². The third-order valence-electron chi connectivity index (χ3n) is 2.52. The Kier molecular flexibility index (Phi) is 3.81. The molecule has 0 radical (unpaired) electrons. The van der Waals surface area contributed by atoms with Crippen LogP contribution in [0.15, 0.2) is 28.7 Å². The van der Waals surface area contributed by atoms with Gasteiger partial charge in [0.05, 0.1) is 17.8 Å². The Morgan fingerprint density at radius 2 is 2.33 bits per heavy atom. The molecule has 1 heterocycles. The van der Waals surface area contributed by atoms with Gasteiger partial charge in [-0.25, -0.2) is 4.79 Å². The minimum absolute atomic E-state index is 0.346. The molecule has 0 saturated heterocycles. The maximum atomic E-state index is 11.4. The molecule has 0 atom stereocenters. The summed E-state index contributed by atoms with van der Waals surface area (Å²) in [5, 5.41) is 8.14. The number of rotatable bonds is 3. The van der Waals surface area contributed by atoms with Crippen molar-refractivity contribution in [2.45, 2.75) is 13.8 Å². The number of hydrogen-bond donors (Lipinski definition) is 1. The Morgan fingerprint density at radius 3 is 3.06 bits per heavy atom. The molecule has 1 aromatic carbocycles. The van der Waals surface area contributed by atoms with E-state index in [2.05, 4.69) is 26.1 Å². The molecule has 2 aromatic rings. The lowest BCUT2D eigenvalue weighted by molar-refractivity contribution is -0.137. The van der Waals surface area contributed by atoms with E-state index in [-0.39, 0.29) is 5.97 Å². The summed E-state index contributed by atoms with van der Waals surface area (Å²) in [7, 11) is 0. The fourth-order valence-electron chi connectivity index (χ4n) is 1.72. The summed E-state index contributed by atoms with van der Waals surface area (Å²) in [4.78, 5) is 11.4. The average molecular weight is 309 g/mol. The number of allylic oxidation sites excluding steroid dienone is 1. The smallest absolute Gasteiger partial charge is 0.331 e. The quantitative estimate of drug-likeness (QED) is 0.699. The van der Waals surface area contributed by atoms with Gasteiger partial charge in [0.1, 0.15) is 0 Å². The Balaban J connectivity index is 2.41. The summed E-state index contributed by atoms with van der Waals surface area (Å²) in [6.45, 7) is 3.99. The van der Waals surface area contributed by atoms with E-state index in [1.807, 2.05) is 25.1 Å². The first-order valence-electron chi connectivity index (χ1n) is 5.61. The molecule has 0 amide bonds. The topological polar surface area (TPSA) is 55.0 Å². The van der Waals surface area contributed by atoms with Crippen molar-refractivity contribution in [3.63, 3.8) is 0 Å². The first-order valence-corrected chi connectivity index (χ1v) is 6.40. The SMILES string of the molecule is CCOC(=O)/C=C(\C)c1n[nH]c2ccc(Br)cc12. The summed E-state index contributed by atoms with van der Waals surface area (Å²) in [6, 6.07) is 5.85. The molecule has 0 fully saturated rings. The van der Waals surface area contributed by atoms with Gasteiger partial charge in [0.2, 0.25) is 0 Å². The summed E-state index contributed by atoms with van der Waals surface area (Å²) >= 11 is 3.42. The van der Waals surface area contributed by atoms with E-state index in [4.69, 9.17) is 4.74 Å². The molecule has 5 heteroatoms. The number of hydrogen-bond acceptors (Lipinski definition) is 3. The lowest BCUT2D eigenvalue weighted by atomic mass is 10.1. The zero-order valence-electron chi connectivity index (χ0n) is 10.2. The number of ether oxygens (including phenoxy) is 1. The molecule has 0 aliphatic heterocycles. The van der Waals surface area contributed by atoms with Crippen molar-refractivity contribution in [2.24, 2.45) is 0 Å². The van der Waals surface area contributed by atoms with Gasteiger partial charge in [0.25, 0.3) is 0 Å². The summed E-state index contributed by atoms with van der Waals surface area (Å²) in [6.07, 6.45) is 1.46. The van der Waals surface area contributed by atoms with Crippen molar-refractivity contribution in [2.75, 3.05) is 6.61 Å². The lowest BCUT2D eigenvalue weighted by Crippen LogP contribution is -2.00. The van der Waals surface area contributed by atoms with Gasteiger partial charge in [-0.2, -0.15) is 5.10 Å². The number of carbonyl (C=O) groups is 1. The molecule has 1 N–H and O–H groups in total. The minimum Gasteiger partial charge on any atom is -0.463 e. The Labute approximate surface area is 113 Å². The van der Waals surface area contributed by atoms with Gasteiger partial charge in [0, 0.05) is 15.9 Å². The van der Waals surface area contributed by atoms with Gasteiger partial charge in [-0.3, -0.25) is 5.10 Å². The summed E-state index contributed by atoms with van der Waals surface area (Å²) in [5.74, 6) is -0.346. The van der Waals surface area contributed by atoms with E-state index in [0.717, 1.165) is 26.6 Å². The number of carbonyl (C=O) groups excluding carboxylic acids is 1. The summed E-state index contributed by atoms with van der Waals surface area (Å²) < 4.78 is 5.86. The molecule has 0 aliphatic carbocycles. The number of aromatic nitrogens is 2. The van der Waals surface area contributed by atoms with Crippen LogP contribution >= 0.6 is 15.9 Å². The second-order valence-corrected chi connectivity index (χ2v) is 4.76. The van der Waals surface area contributed by atoms with Crippen LogP contribution < -0.4 is 0 Å². The van der Waals surface area contributed by atoms with E-state index in [9.17, 15) is 4.79 Å². The molecular weight excluding hydrogens is 296 g/mol. The number of H-pyrrole nitrogens is 1. The molecule has 1 aromatic heterocycles. The molecule has 0 saturated carbocycles. The first kappa shape index (κ1) is 12.8. The van der Waals surface area contributed by atoms with Crippen molar-refractivity contribution in [1.29, 1.82) is 0 Å². The molecule has 0 aliphatic rings. The molecular formula is C13H13BrN2O2. The average Bonchev–Trinajstić information content (AvgIpc) is 2.71. The highest BCUT2D eigenvalue weighted by molar-refractivity contribution is 9.10. The van der Waals surface area contributed by atoms with Crippen LogP contribution in [0, 0.1) is 0 Å². The van der Waals surface area contributed by atoms with Crippen molar-refractivity contribution < 1.29 is 9.53 Å². The van der Waals surface area contributed by atoms with Crippen molar-refractivity contribution in [3.8, 4) is 0 Å². The normalized spacial score (nSPS) is 11.8. The van der Waals surface area contributed by atoms with Gasteiger partial charge >= 0.3 is 5.97 Å². The van der Waals surface area contributed by atoms with Crippen LogP contribution in [0.25, 0.3) is 16.5 Å². The van der Waals surface area contributed by atoms with Crippen LogP contribution in [-0.4, -0.2) is 22.8 Å². The molecule has 4 nitrogen and oxygen atoms in total. The highest BCUT2D eigenvalue weighted by Gasteiger charge is 2.09. The molecule has 0 bridgehead atoms. The van der Waals surface area contributed by atoms with Crippen molar-refractivity contribution in [1.82, 2.24) is 10.2 Å². The number of halogens is 1. The predicted octanol–water partition coefficient (Wildman–Crippen LogP) is 3.29. The number of fused-ring (bicyclic) bond motifs is 1. The maximum absolute atomic E-state index is 11.4. The third-order valence-corrected chi connectivity index (χ3v) is 3.01. The molecule has 0 spiro atoms. The predicted molar refractivity (Wildman–Crippen MR) is 74.1 cm³/mol. The number of esters is 1. The highest BCUT2D eigenvalue weighted by atomic mass is 79.9. The second kappa shape index (κ2) is 5.35. The fraction of sp³-hybridized carbons (Fsp3) is 0.231. The van der Waals surface area contributed by atoms with Gasteiger partial charge in [-0.15, -0.1) is 0 Å². The van der Waals surface area contributed by atoms with Crippen LogP contribution in [0.4, 0.5) is 0 Å². The van der Waals surface area contributed by atoms with E-state index in [1.165, 1.54) is 6.08 Å².